The summed E-state index contributed by atoms with van der Waals surface area (Å²) in [5, 5.41) is 0. The minimum atomic E-state index is 0.314. The fourth-order valence-corrected chi connectivity index (χ4v) is 5.13. The normalized spacial score (nSPS) is 33.7. The molecule has 0 radical (unpaired) electrons. The first-order valence-corrected chi connectivity index (χ1v) is 8.39. The molecular weight excluding hydrogens is 312 g/mol. The molecule has 2 atom stereocenters. The molecular formula is C18H21BrO. The molecule has 0 amide bonds. The van der Waals surface area contributed by atoms with Crippen LogP contribution in [0.25, 0.3) is 5.57 Å². The third kappa shape index (κ3) is 1.70. The first-order valence-electron chi connectivity index (χ1n) is 7.60. The second-order valence-corrected chi connectivity index (χ2v) is 7.95. The lowest BCUT2D eigenvalue weighted by Crippen LogP contribution is -2.39. The molecule has 0 heterocycles. The first-order chi connectivity index (χ1) is 9.58. The van der Waals surface area contributed by atoms with Gasteiger partial charge in [-0.3, -0.25) is 0 Å². The Bertz CT molecular complexity index is 587. The molecule has 20 heavy (non-hydrogen) atoms. The fraction of sp³-hybridized carbons (Fsp3) is 0.556. The van der Waals surface area contributed by atoms with E-state index < -0.39 is 0 Å². The quantitative estimate of drug-likeness (QED) is 0.704. The average molecular weight is 333 g/mol. The Hall–Kier alpha value is -0.600. The minimum absolute atomic E-state index is 0.314. The summed E-state index contributed by atoms with van der Waals surface area (Å²) in [4.78, 5) is 0. The summed E-state index contributed by atoms with van der Waals surface area (Å²) >= 11 is 3.60. The van der Waals surface area contributed by atoms with E-state index in [1.54, 1.807) is 0 Å². The lowest BCUT2D eigenvalue weighted by atomic mass is 9.63. The van der Waals surface area contributed by atoms with E-state index >= 15 is 0 Å². The van der Waals surface area contributed by atoms with Crippen LogP contribution in [-0.2, 0) is 11.2 Å². The van der Waals surface area contributed by atoms with Crippen LogP contribution in [0.15, 0.2) is 29.3 Å². The molecule has 4 rings (SSSR count). The Morgan fingerprint density at radius 2 is 2.10 bits per heavy atom. The molecule has 2 spiro atoms. The van der Waals surface area contributed by atoms with Crippen LogP contribution in [0.1, 0.15) is 43.2 Å². The van der Waals surface area contributed by atoms with Gasteiger partial charge in [0.25, 0.3) is 0 Å². The number of hydrogen-bond acceptors (Lipinski definition) is 1. The molecule has 2 fully saturated rings. The van der Waals surface area contributed by atoms with E-state index in [0.29, 0.717) is 16.9 Å². The van der Waals surface area contributed by atoms with E-state index in [2.05, 4.69) is 40.7 Å². The number of fused-ring (bicyclic) bond motifs is 1. The Morgan fingerprint density at radius 1 is 1.30 bits per heavy atom. The smallest absolute Gasteiger partial charge is 0.0628 e. The zero-order valence-electron chi connectivity index (χ0n) is 12.0. The summed E-state index contributed by atoms with van der Waals surface area (Å²) in [6.07, 6.45) is 8.08. The maximum atomic E-state index is 5.77. The highest BCUT2D eigenvalue weighted by Gasteiger charge is 2.59. The number of rotatable bonds is 1. The molecule has 0 aromatic heterocycles. The maximum absolute atomic E-state index is 5.77. The molecule has 0 N–H and O–H groups in total. The molecule has 1 aromatic rings. The summed E-state index contributed by atoms with van der Waals surface area (Å²) in [6.45, 7) is 4.50. The van der Waals surface area contributed by atoms with Crippen LogP contribution in [0.3, 0.4) is 0 Å². The zero-order chi connectivity index (χ0) is 14.0. The van der Waals surface area contributed by atoms with Crippen molar-refractivity contribution >= 4 is 21.5 Å². The molecule has 3 aliphatic carbocycles. The van der Waals surface area contributed by atoms with E-state index in [1.165, 1.54) is 59.7 Å². The molecule has 106 valence electrons. The third-order valence-electron chi connectivity index (χ3n) is 6.00. The standard InChI is InChI=1S/C18H21BrO/c1-12-15-9-14(19)4-3-13(15)10-18(12)6-5-16(20-2)17(11-18)7-8-17/h3-4,9,16H,1,5-8,10-11H2,2H3/t16-,18+/m0/s1. The third-order valence-corrected chi connectivity index (χ3v) is 6.49. The Kier molecular flexibility index (Phi) is 2.75. The van der Waals surface area contributed by atoms with Gasteiger partial charge in [0, 0.05) is 17.0 Å². The van der Waals surface area contributed by atoms with Gasteiger partial charge >= 0.3 is 0 Å². The van der Waals surface area contributed by atoms with E-state index in [0.717, 1.165) is 0 Å². The van der Waals surface area contributed by atoms with Crippen molar-refractivity contribution in [3.05, 3.63) is 40.4 Å². The monoisotopic (exact) mass is 332 g/mol. The largest absolute Gasteiger partial charge is 0.381 e. The van der Waals surface area contributed by atoms with Crippen molar-refractivity contribution in [1.82, 2.24) is 0 Å². The lowest BCUT2D eigenvalue weighted by Gasteiger charge is -2.43. The van der Waals surface area contributed by atoms with E-state index in [9.17, 15) is 0 Å². The van der Waals surface area contributed by atoms with Crippen molar-refractivity contribution in [2.24, 2.45) is 10.8 Å². The van der Waals surface area contributed by atoms with Gasteiger partial charge in [-0.1, -0.05) is 28.6 Å². The van der Waals surface area contributed by atoms with Crippen LogP contribution in [0, 0.1) is 10.8 Å². The Labute approximate surface area is 129 Å². The van der Waals surface area contributed by atoms with Crippen molar-refractivity contribution < 1.29 is 4.74 Å². The van der Waals surface area contributed by atoms with Gasteiger partial charge in [0.1, 0.15) is 0 Å². The highest BCUT2D eigenvalue weighted by atomic mass is 79.9. The second kappa shape index (κ2) is 4.20. The SMILES string of the molecule is C=C1c2cc(Br)ccc2C[C@@]12CC[C@H](OC)C1(CC1)C2. The molecule has 2 saturated carbocycles. The first kappa shape index (κ1) is 13.1. The highest BCUT2D eigenvalue weighted by Crippen LogP contribution is 2.66. The van der Waals surface area contributed by atoms with Gasteiger partial charge < -0.3 is 4.74 Å². The van der Waals surface area contributed by atoms with Crippen molar-refractivity contribution in [2.45, 2.75) is 44.6 Å². The van der Waals surface area contributed by atoms with Crippen LogP contribution in [0.4, 0.5) is 0 Å². The minimum Gasteiger partial charge on any atom is -0.381 e. The number of ether oxygens (including phenoxy) is 1. The predicted octanol–water partition coefficient (Wildman–Crippen LogP) is 4.98. The second-order valence-electron chi connectivity index (χ2n) is 7.04. The number of halogens is 1. The molecule has 0 saturated heterocycles. The van der Waals surface area contributed by atoms with Gasteiger partial charge in [-0.05, 0) is 72.8 Å². The van der Waals surface area contributed by atoms with Crippen LogP contribution < -0.4 is 0 Å². The van der Waals surface area contributed by atoms with Gasteiger partial charge in [-0.2, -0.15) is 0 Å². The molecule has 3 aliphatic rings. The summed E-state index contributed by atoms with van der Waals surface area (Å²) in [6, 6.07) is 6.70. The number of allylic oxidation sites excluding steroid dienone is 1. The van der Waals surface area contributed by atoms with E-state index in [1.807, 2.05) is 7.11 Å². The molecule has 2 heteroatoms. The molecule has 0 unspecified atom stereocenters. The Balaban J connectivity index is 1.69. The van der Waals surface area contributed by atoms with E-state index in [4.69, 9.17) is 4.74 Å². The highest BCUT2D eigenvalue weighted by molar-refractivity contribution is 9.10. The summed E-state index contributed by atoms with van der Waals surface area (Å²) in [5.74, 6) is 0. The van der Waals surface area contributed by atoms with Gasteiger partial charge in [-0.25, -0.2) is 0 Å². The van der Waals surface area contributed by atoms with Gasteiger partial charge in [-0.15, -0.1) is 0 Å². The summed E-state index contributed by atoms with van der Waals surface area (Å²) in [5.41, 5.74) is 5.05. The van der Waals surface area contributed by atoms with Crippen LogP contribution >= 0.6 is 15.9 Å². The van der Waals surface area contributed by atoms with Crippen LogP contribution in [0.5, 0.6) is 0 Å². The molecule has 0 aliphatic heterocycles. The topological polar surface area (TPSA) is 9.23 Å². The van der Waals surface area contributed by atoms with Crippen LogP contribution in [-0.4, -0.2) is 13.2 Å². The molecule has 0 bridgehead atoms. The van der Waals surface area contributed by atoms with Gasteiger partial charge in [0.2, 0.25) is 0 Å². The van der Waals surface area contributed by atoms with Crippen molar-refractivity contribution in [3.63, 3.8) is 0 Å². The average Bonchev–Trinajstić information content (AvgIpc) is 3.14. The van der Waals surface area contributed by atoms with Crippen molar-refractivity contribution in [3.8, 4) is 0 Å². The number of benzene rings is 1. The van der Waals surface area contributed by atoms with Crippen LogP contribution in [0.2, 0.25) is 0 Å². The Morgan fingerprint density at radius 3 is 2.80 bits per heavy atom. The molecule has 1 aromatic carbocycles. The van der Waals surface area contributed by atoms with E-state index in [-0.39, 0.29) is 0 Å². The van der Waals surface area contributed by atoms with Crippen molar-refractivity contribution in [2.75, 3.05) is 7.11 Å². The lowest BCUT2D eigenvalue weighted by molar-refractivity contribution is -0.0181. The maximum Gasteiger partial charge on any atom is 0.0628 e. The zero-order valence-corrected chi connectivity index (χ0v) is 13.6. The number of hydrogen-bond donors (Lipinski definition) is 0. The number of methoxy groups -OCH3 is 1. The molecule has 1 nitrogen and oxygen atoms in total. The van der Waals surface area contributed by atoms with Crippen molar-refractivity contribution in [1.29, 1.82) is 0 Å². The summed E-state index contributed by atoms with van der Waals surface area (Å²) in [7, 11) is 1.89. The summed E-state index contributed by atoms with van der Waals surface area (Å²) < 4.78 is 6.93. The van der Waals surface area contributed by atoms with Gasteiger partial charge in [0.05, 0.1) is 6.10 Å². The predicted molar refractivity (Wildman–Crippen MR) is 85.6 cm³/mol. The fourth-order valence-electron chi connectivity index (χ4n) is 4.77. The van der Waals surface area contributed by atoms with Gasteiger partial charge in [0.15, 0.2) is 0 Å².